The smallest absolute Gasteiger partial charge is 0.237 e. The molecule has 1 N–H and O–H groups in total. The number of hydrogen-bond donors (Lipinski definition) is 1. The number of nitrogens with one attached hydrogen (secondary N) is 1. The summed E-state index contributed by atoms with van der Waals surface area (Å²) in [6.07, 6.45) is 5.29. The molecule has 4 rings (SSSR count). The van der Waals surface area contributed by atoms with Gasteiger partial charge in [0.15, 0.2) is 0 Å². The summed E-state index contributed by atoms with van der Waals surface area (Å²) in [4.78, 5) is 14.1. The average molecular weight is 323 g/mol. The molecule has 0 heterocycles. The van der Waals surface area contributed by atoms with E-state index in [0.29, 0.717) is 0 Å². The Hall–Kier alpha value is -1.74. The second kappa shape index (κ2) is 6.04. The summed E-state index contributed by atoms with van der Waals surface area (Å²) in [5.74, 6) is 0.216. The third-order valence-electron chi connectivity index (χ3n) is 4.85. The Morgan fingerprint density at radius 1 is 1.04 bits per heavy atom. The van der Waals surface area contributed by atoms with Crippen molar-refractivity contribution in [2.45, 2.75) is 47.8 Å². The Balaban J connectivity index is 1.48. The quantitative estimate of drug-likeness (QED) is 0.897. The van der Waals surface area contributed by atoms with E-state index in [4.69, 9.17) is 0 Å². The number of amides is 1. The first kappa shape index (κ1) is 14.8. The molecule has 1 amide bonds. The predicted molar refractivity (Wildman–Crippen MR) is 94.5 cm³/mol. The van der Waals surface area contributed by atoms with E-state index in [1.54, 1.807) is 11.8 Å². The van der Waals surface area contributed by atoms with Gasteiger partial charge in [0.2, 0.25) is 5.91 Å². The van der Waals surface area contributed by atoms with Gasteiger partial charge in [-0.3, -0.25) is 4.79 Å². The number of rotatable bonds is 4. The summed E-state index contributed by atoms with van der Waals surface area (Å²) in [6, 6.07) is 19.0. The zero-order valence-corrected chi connectivity index (χ0v) is 13.9. The second-order valence-corrected chi connectivity index (χ2v) is 7.98. The summed E-state index contributed by atoms with van der Waals surface area (Å²) < 4.78 is -0.242. The molecule has 0 radical (unpaired) electrons. The minimum absolute atomic E-state index is 0.182. The van der Waals surface area contributed by atoms with Crippen LogP contribution >= 0.6 is 11.8 Å². The lowest BCUT2D eigenvalue weighted by molar-refractivity contribution is -0.122. The van der Waals surface area contributed by atoms with Gasteiger partial charge in [0.1, 0.15) is 0 Å². The Labute approximate surface area is 141 Å². The van der Waals surface area contributed by atoms with Crippen molar-refractivity contribution in [1.29, 1.82) is 0 Å². The summed E-state index contributed by atoms with van der Waals surface area (Å²) in [6.45, 7) is 0. The van der Waals surface area contributed by atoms with Crippen molar-refractivity contribution in [2.75, 3.05) is 0 Å². The molecule has 1 fully saturated rings. The van der Waals surface area contributed by atoms with Crippen LogP contribution in [-0.4, -0.2) is 10.7 Å². The fourth-order valence-corrected chi connectivity index (χ4v) is 4.60. The van der Waals surface area contributed by atoms with Gasteiger partial charge in [-0.05, 0) is 55.4 Å². The molecule has 2 aromatic rings. The molecule has 0 saturated heterocycles. The van der Waals surface area contributed by atoms with Gasteiger partial charge in [0.25, 0.3) is 0 Å². The van der Waals surface area contributed by atoms with Gasteiger partial charge in [0.05, 0.1) is 10.8 Å². The van der Waals surface area contributed by atoms with E-state index in [1.807, 2.05) is 18.2 Å². The molecule has 118 valence electrons. The maximum Gasteiger partial charge on any atom is 0.237 e. The van der Waals surface area contributed by atoms with E-state index >= 15 is 0 Å². The van der Waals surface area contributed by atoms with Crippen LogP contribution in [0, 0.1) is 0 Å². The van der Waals surface area contributed by atoms with Crippen molar-refractivity contribution in [2.24, 2.45) is 0 Å². The monoisotopic (exact) mass is 323 g/mol. The van der Waals surface area contributed by atoms with Gasteiger partial charge in [-0.25, -0.2) is 0 Å². The highest BCUT2D eigenvalue weighted by atomic mass is 32.2. The Bertz CT molecular complexity index is 709. The van der Waals surface area contributed by atoms with E-state index in [0.717, 1.165) is 32.1 Å². The van der Waals surface area contributed by atoms with Gasteiger partial charge in [-0.15, -0.1) is 11.8 Å². The molecule has 0 aromatic heterocycles. The minimum Gasteiger partial charge on any atom is -0.348 e. The fourth-order valence-electron chi connectivity index (χ4n) is 3.40. The molecule has 1 saturated carbocycles. The zero-order chi connectivity index (χ0) is 15.7. The summed E-state index contributed by atoms with van der Waals surface area (Å²) in [5.41, 5.74) is 2.71. The van der Waals surface area contributed by atoms with Crippen LogP contribution in [0.5, 0.6) is 0 Å². The number of aryl methyl sites for hydroxylation is 1. The van der Waals surface area contributed by atoms with Gasteiger partial charge in [-0.2, -0.15) is 0 Å². The summed E-state index contributed by atoms with van der Waals surface area (Å²) in [7, 11) is 0. The second-order valence-electron chi connectivity index (χ2n) is 6.53. The van der Waals surface area contributed by atoms with Crippen molar-refractivity contribution in [3.63, 3.8) is 0 Å². The van der Waals surface area contributed by atoms with Crippen molar-refractivity contribution in [3.05, 3.63) is 65.7 Å². The first-order valence-corrected chi connectivity index (χ1v) is 9.21. The topological polar surface area (TPSA) is 29.1 Å². The highest BCUT2D eigenvalue weighted by Crippen LogP contribution is 2.52. The minimum atomic E-state index is -0.242. The van der Waals surface area contributed by atoms with Crippen molar-refractivity contribution in [1.82, 2.24) is 5.32 Å². The van der Waals surface area contributed by atoms with Crippen LogP contribution in [0.25, 0.3) is 0 Å². The van der Waals surface area contributed by atoms with Gasteiger partial charge < -0.3 is 5.32 Å². The van der Waals surface area contributed by atoms with Gasteiger partial charge in [-0.1, -0.05) is 42.5 Å². The molecule has 2 aliphatic rings. The Morgan fingerprint density at radius 3 is 2.57 bits per heavy atom. The molecular formula is C20H21NOS. The largest absolute Gasteiger partial charge is 0.348 e. The Morgan fingerprint density at radius 2 is 1.78 bits per heavy atom. The molecule has 23 heavy (non-hydrogen) atoms. The van der Waals surface area contributed by atoms with E-state index in [9.17, 15) is 4.79 Å². The first-order chi connectivity index (χ1) is 11.3. The fraction of sp³-hybridized carbons (Fsp3) is 0.350. The standard InChI is InChI=1S/C20H21NOS/c22-19(20(13-14-20)23-16-9-2-1-3-10-16)21-18-12-6-8-15-7-4-5-11-17(15)18/h1-5,7,9-11,18H,6,8,12-14H2,(H,21,22). The molecule has 0 spiro atoms. The van der Waals surface area contributed by atoms with E-state index < -0.39 is 0 Å². The maximum atomic E-state index is 12.9. The van der Waals surface area contributed by atoms with Crippen LogP contribution in [0.4, 0.5) is 0 Å². The van der Waals surface area contributed by atoms with Crippen LogP contribution in [0.3, 0.4) is 0 Å². The van der Waals surface area contributed by atoms with Crippen molar-refractivity contribution >= 4 is 17.7 Å². The molecule has 1 unspecified atom stereocenters. The van der Waals surface area contributed by atoms with Crippen LogP contribution in [-0.2, 0) is 11.2 Å². The molecule has 0 aliphatic heterocycles. The van der Waals surface area contributed by atoms with Gasteiger partial charge >= 0.3 is 0 Å². The number of thioether (sulfide) groups is 1. The van der Waals surface area contributed by atoms with E-state index in [-0.39, 0.29) is 16.7 Å². The van der Waals surface area contributed by atoms with Crippen LogP contribution in [0.1, 0.15) is 42.9 Å². The van der Waals surface area contributed by atoms with Crippen LogP contribution in [0.2, 0.25) is 0 Å². The normalized spacial score (nSPS) is 21.3. The average Bonchev–Trinajstić information content (AvgIpc) is 3.37. The third-order valence-corrected chi connectivity index (χ3v) is 6.34. The molecular weight excluding hydrogens is 302 g/mol. The summed E-state index contributed by atoms with van der Waals surface area (Å²) >= 11 is 1.72. The van der Waals surface area contributed by atoms with Crippen molar-refractivity contribution in [3.8, 4) is 0 Å². The third kappa shape index (κ3) is 3.02. The lowest BCUT2D eigenvalue weighted by Gasteiger charge is -2.28. The highest BCUT2D eigenvalue weighted by molar-refractivity contribution is 8.01. The lowest BCUT2D eigenvalue weighted by Crippen LogP contribution is -2.38. The van der Waals surface area contributed by atoms with Gasteiger partial charge in [0, 0.05) is 4.90 Å². The number of carbonyl (C=O) groups is 1. The highest BCUT2D eigenvalue weighted by Gasteiger charge is 2.51. The molecule has 2 nitrogen and oxygen atoms in total. The predicted octanol–water partition coefficient (Wildman–Crippen LogP) is 4.51. The van der Waals surface area contributed by atoms with E-state index in [1.165, 1.54) is 16.0 Å². The molecule has 0 bridgehead atoms. The zero-order valence-electron chi connectivity index (χ0n) is 13.1. The maximum absolute atomic E-state index is 12.9. The SMILES string of the molecule is O=C(NC1CCCc2ccccc21)C1(Sc2ccccc2)CC1. The molecule has 3 heteroatoms. The van der Waals surface area contributed by atoms with E-state index in [2.05, 4.69) is 41.7 Å². The number of carbonyl (C=O) groups excluding carboxylic acids is 1. The van der Waals surface area contributed by atoms with Crippen LogP contribution < -0.4 is 5.32 Å². The lowest BCUT2D eigenvalue weighted by atomic mass is 9.87. The molecule has 1 atom stereocenters. The molecule has 2 aliphatic carbocycles. The number of hydrogen-bond acceptors (Lipinski definition) is 2. The molecule has 2 aromatic carbocycles. The van der Waals surface area contributed by atoms with Crippen molar-refractivity contribution < 1.29 is 4.79 Å². The number of benzene rings is 2. The summed E-state index contributed by atoms with van der Waals surface area (Å²) in [5, 5.41) is 3.34. The first-order valence-electron chi connectivity index (χ1n) is 8.40. The number of fused-ring (bicyclic) bond motifs is 1. The Kier molecular flexibility index (Phi) is 3.90. The van der Waals surface area contributed by atoms with Crippen LogP contribution in [0.15, 0.2) is 59.5 Å².